The van der Waals surface area contributed by atoms with E-state index in [1.807, 2.05) is 62.4 Å². The van der Waals surface area contributed by atoms with E-state index in [1.54, 1.807) is 6.07 Å². The van der Waals surface area contributed by atoms with Crippen LogP contribution < -0.4 is 15.0 Å². The second-order valence-corrected chi connectivity index (χ2v) is 11.8. The van der Waals surface area contributed by atoms with Crippen molar-refractivity contribution < 1.29 is 17.9 Å². The van der Waals surface area contributed by atoms with E-state index in [2.05, 4.69) is 15.4 Å². The zero-order chi connectivity index (χ0) is 25.7. The molecule has 36 heavy (non-hydrogen) atoms. The molecule has 2 aromatic heterocycles. The largest absolute Gasteiger partial charge is 0.489 e. The van der Waals surface area contributed by atoms with Crippen LogP contribution in [-0.4, -0.2) is 36.4 Å². The minimum absolute atomic E-state index is 0.0948. The number of aromatic amines is 1. The summed E-state index contributed by atoms with van der Waals surface area (Å²) in [6.45, 7) is 4.59. The first kappa shape index (κ1) is 25.7. The Balaban J connectivity index is 1.41. The molecule has 0 saturated heterocycles. The van der Waals surface area contributed by atoms with E-state index in [0.717, 1.165) is 44.1 Å². The Bertz CT molecular complexity index is 1510. The first-order valence-corrected chi connectivity index (χ1v) is 14.4. The van der Waals surface area contributed by atoms with Crippen molar-refractivity contribution in [1.29, 1.82) is 0 Å². The first-order valence-electron chi connectivity index (χ1n) is 11.5. The Kier molecular flexibility index (Phi) is 7.91. The van der Waals surface area contributed by atoms with E-state index < -0.39 is 9.84 Å². The average molecular weight is 525 g/mol. The Labute approximate surface area is 214 Å². The fourth-order valence-electron chi connectivity index (χ4n) is 3.75. The number of sulfone groups is 1. The molecule has 0 bridgehead atoms. The maximum atomic E-state index is 11.4. The van der Waals surface area contributed by atoms with Gasteiger partial charge in [0, 0.05) is 29.1 Å². The van der Waals surface area contributed by atoms with Gasteiger partial charge >= 0.3 is 0 Å². The Morgan fingerprint density at radius 3 is 2.44 bits per heavy atom. The van der Waals surface area contributed by atoms with Crippen molar-refractivity contribution in [3.8, 4) is 33.2 Å². The van der Waals surface area contributed by atoms with Gasteiger partial charge in [-0.15, -0.1) is 0 Å². The molecule has 0 fully saturated rings. The van der Waals surface area contributed by atoms with E-state index in [9.17, 15) is 13.2 Å². The highest BCUT2D eigenvalue weighted by atomic mass is 32.2. The van der Waals surface area contributed by atoms with Crippen LogP contribution in [-0.2, 0) is 16.4 Å². The van der Waals surface area contributed by atoms with E-state index in [1.165, 1.54) is 17.8 Å². The van der Waals surface area contributed by atoms with Crippen LogP contribution in [0.25, 0.3) is 21.6 Å². The highest BCUT2D eigenvalue weighted by Gasteiger charge is 2.11. The van der Waals surface area contributed by atoms with E-state index in [0.29, 0.717) is 25.5 Å². The fourth-order valence-corrected chi connectivity index (χ4v) is 5.08. The number of nitrogens with zero attached hydrogens (tertiary/aromatic N) is 1. The molecule has 0 atom stereocenters. The number of H-pyrrole nitrogens is 1. The number of hydrogen-bond donors (Lipinski definition) is 1. The van der Waals surface area contributed by atoms with Crippen LogP contribution in [0.3, 0.4) is 0 Å². The zero-order valence-corrected chi connectivity index (χ0v) is 22.0. The van der Waals surface area contributed by atoms with Crippen molar-refractivity contribution in [2.24, 2.45) is 0 Å². The van der Waals surface area contributed by atoms with Crippen LogP contribution in [0.15, 0.2) is 65.5 Å². The minimum Gasteiger partial charge on any atom is -0.489 e. The van der Waals surface area contributed by atoms with Crippen molar-refractivity contribution in [2.45, 2.75) is 26.9 Å². The molecule has 9 heteroatoms. The lowest BCUT2D eigenvalue weighted by Gasteiger charge is -2.13. The molecule has 2 aromatic carbocycles. The molecule has 0 radical (unpaired) electrons. The Morgan fingerprint density at radius 2 is 1.75 bits per heavy atom. The molecule has 4 rings (SSSR count). The van der Waals surface area contributed by atoms with Crippen LogP contribution in [0, 0.1) is 13.8 Å². The van der Waals surface area contributed by atoms with Crippen molar-refractivity contribution in [3.05, 3.63) is 87.8 Å². The highest BCUT2D eigenvalue weighted by Crippen LogP contribution is 2.29. The van der Waals surface area contributed by atoms with Crippen LogP contribution in [0.5, 0.6) is 11.6 Å². The number of benzene rings is 2. The molecule has 2 heterocycles. The predicted molar refractivity (Wildman–Crippen MR) is 144 cm³/mol. The molecule has 0 unspecified atom stereocenters. The number of ether oxygens (including phenoxy) is 2. The van der Waals surface area contributed by atoms with Gasteiger partial charge in [-0.05, 0) is 73.4 Å². The maximum absolute atomic E-state index is 11.4. The molecule has 0 aliphatic heterocycles. The molecular weight excluding hydrogens is 496 g/mol. The van der Waals surface area contributed by atoms with Crippen molar-refractivity contribution >= 4 is 21.4 Å². The summed E-state index contributed by atoms with van der Waals surface area (Å²) < 4.78 is 37.0. The molecular formula is C27H28N2O5S2. The van der Waals surface area contributed by atoms with Crippen molar-refractivity contribution in [3.63, 3.8) is 0 Å². The van der Waals surface area contributed by atoms with Crippen LogP contribution in [0.4, 0.5) is 0 Å². The molecule has 188 valence electrons. The molecule has 0 aliphatic rings. The summed E-state index contributed by atoms with van der Waals surface area (Å²) in [5, 5.41) is 0. The van der Waals surface area contributed by atoms with E-state index in [-0.39, 0.29) is 11.3 Å². The average Bonchev–Trinajstić information content (AvgIpc) is 3.28. The van der Waals surface area contributed by atoms with E-state index in [4.69, 9.17) is 9.47 Å². The zero-order valence-electron chi connectivity index (χ0n) is 20.4. The summed E-state index contributed by atoms with van der Waals surface area (Å²) in [6.07, 6.45) is 1.65. The third kappa shape index (κ3) is 6.83. The van der Waals surface area contributed by atoms with Gasteiger partial charge in [0.25, 0.3) is 5.56 Å². The minimum atomic E-state index is -3.00. The van der Waals surface area contributed by atoms with Crippen LogP contribution >= 0.6 is 11.5 Å². The second-order valence-electron chi connectivity index (χ2n) is 8.67. The van der Waals surface area contributed by atoms with Crippen molar-refractivity contribution in [1.82, 2.24) is 9.36 Å². The predicted octanol–water partition coefficient (Wildman–Crippen LogP) is 5.17. The summed E-state index contributed by atoms with van der Waals surface area (Å²) in [6, 6.07) is 19.4. The number of hydrogen-bond acceptors (Lipinski definition) is 7. The monoisotopic (exact) mass is 524 g/mol. The Hall–Kier alpha value is -3.43. The van der Waals surface area contributed by atoms with Gasteiger partial charge in [0.2, 0.25) is 5.88 Å². The SMILES string of the molecule is Cc1cc(-c2cccc(COc3ccc(-c4cc(=O)[nH]s4)cc3)c2)c(C)nc1OCCCS(C)(=O)=O. The quantitative estimate of drug-likeness (QED) is 0.287. The molecule has 0 aliphatic carbocycles. The summed E-state index contributed by atoms with van der Waals surface area (Å²) in [4.78, 5) is 16.9. The normalized spacial score (nSPS) is 11.4. The third-order valence-electron chi connectivity index (χ3n) is 5.56. The lowest BCUT2D eigenvalue weighted by molar-refractivity contribution is 0.303. The van der Waals surface area contributed by atoms with Gasteiger partial charge in [0.15, 0.2) is 0 Å². The molecule has 7 nitrogen and oxygen atoms in total. The summed E-state index contributed by atoms with van der Waals surface area (Å²) in [5.74, 6) is 1.37. The molecule has 0 saturated carbocycles. The summed E-state index contributed by atoms with van der Waals surface area (Å²) in [5.41, 5.74) is 5.66. The lowest BCUT2D eigenvalue weighted by atomic mass is 10.0. The van der Waals surface area contributed by atoms with Crippen LogP contribution in [0.1, 0.15) is 23.2 Å². The maximum Gasteiger partial charge on any atom is 0.258 e. The number of rotatable bonds is 10. The molecule has 0 spiro atoms. The van der Waals surface area contributed by atoms with Gasteiger partial charge in [-0.2, -0.15) is 0 Å². The number of nitrogens with one attached hydrogen (secondary N) is 1. The standard InChI is InChI=1S/C27H28N2O5S2/c1-18-14-24(19(2)28-27(18)33-12-5-13-36(3,31)32)22-7-4-6-20(15-22)17-34-23-10-8-21(9-11-23)25-16-26(30)29-35-25/h4,6-11,14-16H,5,12-13,17H2,1-3H3,(H,29,30). The van der Waals surface area contributed by atoms with Gasteiger partial charge in [-0.1, -0.05) is 29.7 Å². The number of aromatic nitrogens is 2. The van der Waals surface area contributed by atoms with Crippen molar-refractivity contribution in [2.75, 3.05) is 18.6 Å². The van der Waals surface area contributed by atoms with Gasteiger partial charge in [0.05, 0.1) is 17.2 Å². The van der Waals surface area contributed by atoms with Crippen LogP contribution in [0.2, 0.25) is 0 Å². The highest BCUT2D eigenvalue weighted by molar-refractivity contribution is 7.90. The molecule has 4 aromatic rings. The van der Waals surface area contributed by atoms with Gasteiger partial charge in [-0.3, -0.25) is 9.17 Å². The lowest BCUT2D eigenvalue weighted by Crippen LogP contribution is -2.09. The summed E-state index contributed by atoms with van der Waals surface area (Å²) >= 11 is 1.31. The van der Waals surface area contributed by atoms with Gasteiger partial charge < -0.3 is 9.47 Å². The molecule has 0 amide bonds. The topological polar surface area (TPSA) is 98.3 Å². The molecule has 1 N–H and O–H groups in total. The summed E-state index contributed by atoms with van der Waals surface area (Å²) in [7, 11) is -3.00. The third-order valence-corrected chi connectivity index (χ3v) is 7.47. The fraction of sp³-hybridized carbons (Fsp3) is 0.259. The van der Waals surface area contributed by atoms with Gasteiger partial charge in [-0.25, -0.2) is 13.4 Å². The first-order chi connectivity index (χ1) is 17.2. The van der Waals surface area contributed by atoms with E-state index >= 15 is 0 Å². The Morgan fingerprint density at radius 1 is 0.972 bits per heavy atom. The second kappa shape index (κ2) is 11.1. The van der Waals surface area contributed by atoms with Gasteiger partial charge in [0.1, 0.15) is 22.2 Å². The smallest absolute Gasteiger partial charge is 0.258 e. The number of pyridine rings is 1. The number of aryl methyl sites for hydroxylation is 2.